The molecule has 4 N–H and O–H groups in total. The van der Waals surface area contributed by atoms with Crippen LogP contribution in [0.3, 0.4) is 0 Å². The van der Waals surface area contributed by atoms with Gasteiger partial charge in [0.15, 0.2) is 10.9 Å². The molecule has 4 aliphatic heterocycles. The third-order valence-electron chi connectivity index (χ3n) is 9.87. The summed E-state index contributed by atoms with van der Waals surface area (Å²) < 4.78 is 52.3. The van der Waals surface area contributed by atoms with Crippen molar-refractivity contribution in [1.82, 2.24) is 19.9 Å². The number of hydrogen-bond acceptors (Lipinski definition) is 9. The summed E-state index contributed by atoms with van der Waals surface area (Å²) in [5, 5.41) is 0.762. The number of alkyl halides is 1. The van der Waals surface area contributed by atoms with Crippen LogP contribution in [0.1, 0.15) is 44.9 Å². The molecule has 2 unspecified atom stereocenters. The Hall–Kier alpha value is -2.93. The molecule has 2 bridgehead atoms. The van der Waals surface area contributed by atoms with Crippen LogP contribution in [0.15, 0.2) is 18.2 Å². The highest BCUT2D eigenvalue weighted by Crippen LogP contribution is 2.46. The van der Waals surface area contributed by atoms with E-state index in [4.69, 9.17) is 32.8 Å². The molecule has 4 aliphatic rings. The summed E-state index contributed by atoms with van der Waals surface area (Å²) in [5.74, 6) is -0.613. The number of thiazole rings is 1. The van der Waals surface area contributed by atoms with Crippen molar-refractivity contribution in [1.29, 1.82) is 0 Å². The molecule has 4 fully saturated rings. The summed E-state index contributed by atoms with van der Waals surface area (Å²) in [6, 6.07) is 4.84. The number of nitrogens with zero attached hydrogens (tertiary/aromatic N) is 5. The normalized spacial score (nSPS) is 28.8. The first-order chi connectivity index (χ1) is 20.7. The fraction of sp³-hybridized carbons (Fsp3) is 0.500. The molecule has 2 aromatic carbocycles. The van der Waals surface area contributed by atoms with Crippen LogP contribution in [0.5, 0.6) is 6.01 Å². The number of anilines is 2. The van der Waals surface area contributed by atoms with E-state index >= 15 is 4.39 Å². The van der Waals surface area contributed by atoms with Gasteiger partial charge in [0, 0.05) is 47.6 Å². The van der Waals surface area contributed by atoms with Crippen molar-refractivity contribution in [3.8, 4) is 17.1 Å². The maximum atomic E-state index is 16.8. The van der Waals surface area contributed by atoms with Gasteiger partial charge in [0.1, 0.15) is 29.9 Å². The number of ether oxygens (including phenoxy) is 1. The third kappa shape index (κ3) is 4.35. The van der Waals surface area contributed by atoms with Crippen LogP contribution in [0, 0.1) is 11.6 Å². The first-order valence-corrected chi connectivity index (χ1v) is 16.0. The highest BCUT2D eigenvalue weighted by Gasteiger charge is 2.49. The van der Waals surface area contributed by atoms with E-state index in [0.717, 1.165) is 56.4 Å². The summed E-state index contributed by atoms with van der Waals surface area (Å²) in [6.45, 7) is 1.44. The SMILES string of the molecule is Nc1nc2c(-c3c(Cl)cc4c(N5C6CCC5CC(N)C6)nc(OC[C@@]56CCCN5C[C@H](F)C6)nc4c3F)ccc(F)c2s1. The van der Waals surface area contributed by atoms with E-state index in [-0.39, 0.29) is 62.2 Å². The average molecular weight is 630 g/mol. The van der Waals surface area contributed by atoms with Gasteiger partial charge in [0.25, 0.3) is 0 Å². The van der Waals surface area contributed by atoms with Crippen molar-refractivity contribution in [2.45, 2.75) is 74.8 Å². The zero-order valence-electron chi connectivity index (χ0n) is 23.3. The fourth-order valence-electron chi connectivity index (χ4n) is 8.07. The van der Waals surface area contributed by atoms with Gasteiger partial charge in [-0.1, -0.05) is 22.9 Å². The lowest BCUT2D eigenvalue weighted by Crippen LogP contribution is -2.48. The van der Waals surface area contributed by atoms with Gasteiger partial charge in [-0.3, -0.25) is 4.90 Å². The summed E-state index contributed by atoms with van der Waals surface area (Å²) in [4.78, 5) is 18.1. The van der Waals surface area contributed by atoms with E-state index in [0.29, 0.717) is 29.7 Å². The van der Waals surface area contributed by atoms with E-state index in [9.17, 15) is 8.78 Å². The first-order valence-electron chi connectivity index (χ1n) is 14.8. The molecule has 0 radical (unpaired) electrons. The lowest BCUT2D eigenvalue weighted by atomic mass is 9.95. The maximum absolute atomic E-state index is 16.8. The monoisotopic (exact) mass is 629 g/mol. The summed E-state index contributed by atoms with van der Waals surface area (Å²) in [5.41, 5.74) is 12.5. The second-order valence-electron chi connectivity index (χ2n) is 12.5. The number of rotatable bonds is 5. The van der Waals surface area contributed by atoms with Gasteiger partial charge >= 0.3 is 6.01 Å². The molecule has 0 saturated carbocycles. The van der Waals surface area contributed by atoms with E-state index in [1.807, 2.05) is 0 Å². The first kappa shape index (κ1) is 27.6. The molecule has 43 heavy (non-hydrogen) atoms. The molecular weight excluding hydrogens is 599 g/mol. The van der Waals surface area contributed by atoms with E-state index < -0.39 is 23.3 Å². The predicted molar refractivity (Wildman–Crippen MR) is 163 cm³/mol. The summed E-state index contributed by atoms with van der Waals surface area (Å²) in [7, 11) is 0. The Labute approximate surface area is 255 Å². The van der Waals surface area contributed by atoms with Gasteiger partial charge < -0.3 is 21.1 Å². The lowest BCUT2D eigenvalue weighted by Gasteiger charge is -2.39. The second kappa shape index (κ2) is 10.0. The van der Waals surface area contributed by atoms with Gasteiger partial charge in [0.05, 0.1) is 20.8 Å². The van der Waals surface area contributed by atoms with E-state index in [2.05, 4.69) is 19.8 Å². The van der Waals surface area contributed by atoms with Crippen LogP contribution < -0.4 is 21.1 Å². The number of nitrogens with two attached hydrogens (primary N) is 2. The third-order valence-corrected chi connectivity index (χ3v) is 11.1. The van der Waals surface area contributed by atoms with Crippen molar-refractivity contribution >= 4 is 55.0 Å². The summed E-state index contributed by atoms with van der Waals surface area (Å²) in [6.07, 6.45) is 4.83. The largest absolute Gasteiger partial charge is 0.461 e. The van der Waals surface area contributed by atoms with Crippen LogP contribution in [0.2, 0.25) is 5.02 Å². The molecule has 0 spiro atoms. The number of halogens is 4. The number of nitrogen functional groups attached to an aromatic ring is 1. The smallest absolute Gasteiger partial charge is 0.319 e. The molecule has 0 aliphatic carbocycles. The van der Waals surface area contributed by atoms with Crippen molar-refractivity contribution in [2.75, 3.05) is 30.3 Å². The minimum Gasteiger partial charge on any atom is -0.461 e. The topological polar surface area (TPSA) is 106 Å². The molecule has 6 heterocycles. The number of benzene rings is 2. The van der Waals surface area contributed by atoms with Gasteiger partial charge in [-0.2, -0.15) is 9.97 Å². The fourth-order valence-corrected chi connectivity index (χ4v) is 9.13. The molecule has 8 nitrogen and oxygen atoms in total. The van der Waals surface area contributed by atoms with Gasteiger partial charge in [-0.25, -0.2) is 18.2 Å². The Morgan fingerprint density at radius 2 is 1.91 bits per heavy atom. The average Bonchev–Trinajstić information content (AvgIpc) is 3.69. The minimum atomic E-state index is -0.903. The Bertz CT molecular complexity index is 1760. The molecule has 4 aromatic rings. The molecule has 226 valence electrons. The highest BCUT2D eigenvalue weighted by atomic mass is 35.5. The van der Waals surface area contributed by atoms with Crippen molar-refractivity contribution in [3.63, 3.8) is 0 Å². The Morgan fingerprint density at radius 1 is 1.12 bits per heavy atom. The molecule has 4 atom stereocenters. The van der Waals surface area contributed by atoms with Crippen LogP contribution in [0.4, 0.5) is 24.1 Å². The Morgan fingerprint density at radius 3 is 2.70 bits per heavy atom. The molecular formula is C30H31ClF3N7OS. The van der Waals surface area contributed by atoms with Crippen molar-refractivity contribution in [2.24, 2.45) is 5.73 Å². The van der Waals surface area contributed by atoms with Gasteiger partial charge in [-0.05, 0) is 63.3 Å². The Kier molecular flexibility index (Phi) is 6.45. The lowest BCUT2D eigenvalue weighted by molar-refractivity contribution is 0.107. The second-order valence-corrected chi connectivity index (χ2v) is 13.9. The maximum Gasteiger partial charge on any atom is 0.319 e. The van der Waals surface area contributed by atoms with Crippen LogP contribution in [-0.4, -0.2) is 69.4 Å². The van der Waals surface area contributed by atoms with Crippen LogP contribution in [0.25, 0.3) is 32.2 Å². The Balaban J connectivity index is 1.28. The molecule has 0 amide bonds. The van der Waals surface area contributed by atoms with Crippen molar-refractivity contribution in [3.05, 3.63) is 34.9 Å². The van der Waals surface area contributed by atoms with E-state index in [1.54, 1.807) is 6.07 Å². The molecule has 8 rings (SSSR count). The number of piperidine rings is 1. The van der Waals surface area contributed by atoms with Crippen LogP contribution in [-0.2, 0) is 0 Å². The molecule has 4 saturated heterocycles. The number of aromatic nitrogens is 3. The van der Waals surface area contributed by atoms with Gasteiger partial charge in [0.2, 0.25) is 0 Å². The number of hydrogen-bond donors (Lipinski definition) is 2. The molecule has 13 heteroatoms. The quantitative estimate of drug-likeness (QED) is 0.284. The zero-order valence-corrected chi connectivity index (χ0v) is 24.9. The number of fused-ring (bicyclic) bond motifs is 5. The molecule has 2 aromatic heterocycles. The van der Waals surface area contributed by atoms with Crippen LogP contribution >= 0.6 is 22.9 Å². The summed E-state index contributed by atoms with van der Waals surface area (Å²) >= 11 is 7.81. The minimum absolute atomic E-state index is 0.0367. The van der Waals surface area contributed by atoms with Gasteiger partial charge in [-0.15, -0.1) is 0 Å². The van der Waals surface area contributed by atoms with Crippen molar-refractivity contribution < 1.29 is 17.9 Å². The van der Waals surface area contributed by atoms with E-state index in [1.165, 1.54) is 12.1 Å². The standard InChI is InChI=1S/C30H31ClF3N7OS/c31-20-10-19-24(23(34)22(20)18-4-5-21(33)26-25(18)37-28(36)43-26)38-29(42-13-30-6-1-7-40(30)12-14(32)11-30)39-27(19)41-16-2-3-17(41)9-15(35)8-16/h4-5,10,14-17H,1-3,6-9,11-13,35H2,(H2,36,37)/t14-,15?,16?,17?,30+/m1/s1. The predicted octanol–water partition coefficient (Wildman–Crippen LogP) is 5.83. The highest BCUT2D eigenvalue weighted by molar-refractivity contribution is 7.22. The zero-order chi connectivity index (χ0) is 29.6.